The smallest absolute Gasteiger partial charge is 0.316 e. The lowest BCUT2D eigenvalue weighted by Crippen LogP contribution is -2.25. The fraction of sp³-hybridized carbons (Fsp3) is 0.462. The number of rotatable bonds is 3. The fourth-order valence-corrected chi connectivity index (χ4v) is 1.96. The molecule has 0 unspecified atom stereocenters. The van der Waals surface area contributed by atoms with Crippen molar-refractivity contribution in [2.24, 2.45) is 0 Å². The number of ether oxygens (including phenoxy) is 1. The lowest BCUT2D eigenvalue weighted by molar-refractivity contribution is -0.150. The topological polar surface area (TPSA) is 26.3 Å². The monoisotopic (exact) mass is 238 g/mol. The summed E-state index contributed by atoms with van der Waals surface area (Å²) in [6, 6.07) is 7.47. The molecule has 1 saturated carbocycles. The molecule has 1 fully saturated rings. The first-order chi connectivity index (χ1) is 7.54. The molecule has 0 spiro atoms. The number of carbonyl (C=O) groups excluding carboxylic acids is 1. The average Bonchev–Trinajstić information content (AvgIpc) is 2.98. The summed E-state index contributed by atoms with van der Waals surface area (Å²) < 4.78 is 5.29. The summed E-state index contributed by atoms with van der Waals surface area (Å²) in [7, 11) is 0. The molecule has 0 aromatic heterocycles. The summed E-state index contributed by atoms with van der Waals surface area (Å²) in [6.45, 7) is 3.74. The van der Waals surface area contributed by atoms with Crippen LogP contribution in [0.5, 0.6) is 0 Å². The van der Waals surface area contributed by atoms with E-state index in [-0.39, 0.29) is 12.1 Å². The van der Waals surface area contributed by atoms with Crippen LogP contribution in [0.2, 0.25) is 5.02 Å². The molecule has 3 heteroatoms. The van der Waals surface area contributed by atoms with Crippen molar-refractivity contribution in [3.8, 4) is 0 Å². The molecule has 1 aromatic carbocycles. The number of hydrogen-bond acceptors (Lipinski definition) is 2. The van der Waals surface area contributed by atoms with Crippen LogP contribution in [-0.2, 0) is 14.9 Å². The Labute approximate surface area is 101 Å². The van der Waals surface area contributed by atoms with Crippen molar-refractivity contribution >= 4 is 17.6 Å². The average molecular weight is 239 g/mol. The minimum Gasteiger partial charge on any atom is -0.462 e. The molecule has 16 heavy (non-hydrogen) atoms. The summed E-state index contributed by atoms with van der Waals surface area (Å²) in [4.78, 5) is 12.0. The van der Waals surface area contributed by atoms with Crippen LogP contribution in [0.4, 0.5) is 0 Å². The van der Waals surface area contributed by atoms with Crippen LogP contribution < -0.4 is 0 Å². The summed E-state index contributed by atoms with van der Waals surface area (Å²) in [5.74, 6) is -0.107. The van der Waals surface area contributed by atoms with Crippen molar-refractivity contribution < 1.29 is 9.53 Å². The predicted octanol–water partition coefficient (Wildman–Crippen LogP) is 3.32. The van der Waals surface area contributed by atoms with E-state index in [4.69, 9.17) is 16.3 Å². The minimum absolute atomic E-state index is 0.0581. The van der Waals surface area contributed by atoms with E-state index in [1.165, 1.54) is 0 Å². The highest BCUT2D eigenvalue weighted by Crippen LogP contribution is 2.49. The van der Waals surface area contributed by atoms with E-state index in [1.807, 2.05) is 38.1 Å². The molecule has 86 valence electrons. The molecule has 0 aliphatic heterocycles. The molecule has 2 nitrogen and oxygen atoms in total. The van der Waals surface area contributed by atoms with Crippen LogP contribution in [-0.4, -0.2) is 12.1 Å². The van der Waals surface area contributed by atoms with Gasteiger partial charge in [0.15, 0.2) is 0 Å². The number of benzene rings is 1. The Morgan fingerprint density at radius 1 is 1.31 bits per heavy atom. The van der Waals surface area contributed by atoms with Gasteiger partial charge in [-0.25, -0.2) is 0 Å². The van der Waals surface area contributed by atoms with Crippen molar-refractivity contribution in [1.29, 1.82) is 0 Å². The van der Waals surface area contributed by atoms with Gasteiger partial charge in [0.05, 0.1) is 11.5 Å². The highest BCUT2D eigenvalue weighted by atomic mass is 35.5. The van der Waals surface area contributed by atoms with Gasteiger partial charge in [-0.05, 0) is 44.4 Å². The maximum absolute atomic E-state index is 12.0. The lowest BCUT2D eigenvalue weighted by Gasteiger charge is -2.16. The number of carbonyl (C=O) groups is 1. The predicted molar refractivity (Wildman–Crippen MR) is 63.6 cm³/mol. The molecule has 0 N–H and O–H groups in total. The summed E-state index contributed by atoms with van der Waals surface area (Å²) in [6.07, 6.45) is 1.69. The Morgan fingerprint density at radius 2 is 1.88 bits per heavy atom. The first-order valence-corrected chi connectivity index (χ1v) is 5.89. The maximum atomic E-state index is 12.0. The standard InChI is InChI=1S/C13H15ClO2/c1-9(2)16-12(15)13(7-8-13)10-3-5-11(14)6-4-10/h3-6,9H,7-8H2,1-2H3. The second-order valence-corrected chi connectivity index (χ2v) is 4.98. The van der Waals surface area contributed by atoms with Crippen LogP contribution in [0.15, 0.2) is 24.3 Å². The third-order valence-corrected chi connectivity index (χ3v) is 3.13. The molecule has 1 aliphatic carbocycles. The molecule has 0 radical (unpaired) electrons. The minimum atomic E-state index is -0.394. The van der Waals surface area contributed by atoms with Crippen molar-refractivity contribution in [2.75, 3.05) is 0 Å². The largest absolute Gasteiger partial charge is 0.462 e. The molecule has 0 bridgehead atoms. The summed E-state index contributed by atoms with van der Waals surface area (Å²) >= 11 is 5.83. The lowest BCUT2D eigenvalue weighted by atomic mass is 9.96. The second-order valence-electron chi connectivity index (χ2n) is 4.54. The first kappa shape index (κ1) is 11.5. The van der Waals surface area contributed by atoms with Gasteiger partial charge in [0, 0.05) is 5.02 Å². The maximum Gasteiger partial charge on any atom is 0.316 e. The van der Waals surface area contributed by atoms with Crippen molar-refractivity contribution in [2.45, 2.75) is 38.2 Å². The Balaban J connectivity index is 2.19. The summed E-state index contributed by atoms with van der Waals surface area (Å²) in [5, 5.41) is 0.691. The zero-order valence-corrected chi connectivity index (χ0v) is 10.3. The highest BCUT2D eigenvalue weighted by molar-refractivity contribution is 6.30. The van der Waals surface area contributed by atoms with Gasteiger partial charge in [0.1, 0.15) is 0 Å². The molecular weight excluding hydrogens is 224 g/mol. The molecule has 0 amide bonds. The van der Waals surface area contributed by atoms with E-state index >= 15 is 0 Å². The van der Waals surface area contributed by atoms with E-state index in [9.17, 15) is 4.79 Å². The quantitative estimate of drug-likeness (QED) is 0.755. The zero-order chi connectivity index (χ0) is 11.8. The van der Waals surface area contributed by atoms with Gasteiger partial charge in [-0.3, -0.25) is 4.79 Å². The third-order valence-electron chi connectivity index (χ3n) is 2.88. The zero-order valence-electron chi connectivity index (χ0n) is 9.50. The SMILES string of the molecule is CC(C)OC(=O)C1(c2ccc(Cl)cc2)CC1. The van der Waals surface area contributed by atoms with Gasteiger partial charge in [-0.15, -0.1) is 0 Å². The van der Waals surface area contributed by atoms with Gasteiger partial charge in [-0.1, -0.05) is 23.7 Å². The molecule has 1 aliphatic rings. The molecule has 2 rings (SSSR count). The Hall–Kier alpha value is -1.02. The van der Waals surface area contributed by atoms with Crippen LogP contribution >= 0.6 is 11.6 Å². The Kier molecular flexibility index (Phi) is 2.94. The number of halogens is 1. The van der Waals surface area contributed by atoms with E-state index in [1.54, 1.807) is 0 Å². The van der Waals surface area contributed by atoms with Crippen LogP contribution in [0.1, 0.15) is 32.3 Å². The van der Waals surface area contributed by atoms with Gasteiger partial charge in [-0.2, -0.15) is 0 Å². The summed E-state index contributed by atoms with van der Waals surface area (Å²) in [5.41, 5.74) is 0.622. The van der Waals surface area contributed by atoms with E-state index in [0.717, 1.165) is 18.4 Å². The van der Waals surface area contributed by atoms with Crippen LogP contribution in [0, 0.1) is 0 Å². The van der Waals surface area contributed by atoms with Gasteiger partial charge in [0.25, 0.3) is 0 Å². The van der Waals surface area contributed by atoms with Crippen molar-refractivity contribution in [1.82, 2.24) is 0 Å². The van der Waals surface area contributed by atoms with Gasteiger partial charge < -0.3 is 4.74 Å². The highest BCUT2D eigenvalue weighted by Gasteiger charge is 2.52. The normalized spacial score (nSPS) is 17.2. The number of esters is 1. The fourth-order valence-electron chi connectivity index (χ4n) is 1.83. The van der Waals surface area contributed by atoms with Crippen molar-refractivity contribution in [3.05, 3.63) is 34.9 Å². The van der Waals surface area contributed by atoms with Gasteiger partial charge in [0.2, 0.25) is 0 Å². The molecule has 0 atom stereocenters. The molecule has 1 aromatic rings. The van der Waals surface area contributed by atoms with Crippen LogP contribution in [0.3, 0.4) is 0 Å². The van der Waals surface area contributed by atoms with E-state index in [0.29, 0.717) is 5.02 Å². The number of hydrogen-bond donors (Lipinski definition) is 0. The Morgan fingerprint density at radius 3 is 2.31 bits per heavy atom. The molecule has 0 saturated heterocycles. The molecule has 0 heterocycles. The van der Waals surface area contributed by atoms with Gasteiger partial charge >= 0.3 is 5.97 Å². The molecular formula is C13H15ClO2. The van der Waals surface area contributed by atoms with Crippen LogP contribution in [0.25, 0.3) is 0 Å². The second kappa shape index (κ2) is 4.10. The first-order valence-electron chi connectivity index (χ1n) is 5.52. The van der Waals surface area contributed by atoms with Crippen molar-refractivity contribution in [3.63, 3.8) is 0 Å². The Bertz CT molecular complexity index is 391. The third kappa shape index (κ3) is 2.07. The van der Waals surface area contributed by atoms with E-state index < -0.39 is 5.41 Å². The van der Waals surface area contributed by atoms with E-state index in [2.05, 4.69) is 0 Å².